The maximum absolute atomic E-state index is 9.86. The van der Waals surface area contributed by atoms with Gasteiger partial charge in [-0.1, -0.05) is 19.8 Å². The van der Waals surface area contributed by atoms with Crippen LogP contribution in [0.2, 0.25) is 0 Å². The molecule has 3 unspecified atom stereocenters. The Morgan fingerprint density at radius 3 is 2.48 bits per heavy atom. The van der Waals surface area contributed by atoms with Crippen molar-refractivity contribution >= 4 is 0 Å². The summed E-state index contributed by atoms with van der Waals surface area (Å²) < 4.78 is 16.0. The zero-order valence-corrected chi connectivity index (χ0v) is 12.3. The summed E-state index contributed by atoms with van der Waals surface area (Å²) in [6, 6.07) is 0. The third kappa shape index (κ3) is 4.13. The number of aliphatic hydroxyl groups excluding tert-OH is 4. The molecule has 0 bridgehead atoms. The molecule has 4 N–H and O–H groups in total. The minimum Gasteiger partial charge on any atom is -0.390 e. The first-order valence-electron chi connectivity index (χ1n) is 7.65. The molecule has 2 aliphatic rings. The van der Waals surface area contributed by atoms with Crippen LogP contribution in [-0.2, 0) is 14.2 Å². The molecule has 7 heteroatoms. The van der Waals surface area contributed by atoms with Gasteiger partial charge in [0.25, 0.3) is 0 Å². The fourth-order valence-corrected chi connectivity index (χ4v) is 2.57. The Hall–Kier alpha value is -0.280. The van der Waals surface area contributed by atoms with Gasteiger partial charge in [-0.2, -0.15) is 0 Å². The highest BCUT2D eigenvalue weighted by atomic mass is 16.7. The molecule has 0 aromatic carbocycles. The molecule has 124 valence electrons. The molecule has 0 aromatic rings. The number of ether oxygens (including phenoxy) is 3. The molecule has 0 aromatic heterocycles. The van der Waals surface area contributed by atoms with Crippen LogP contribution in [0.3, 0.4) is 0 Å². The highest BCUT2D eigenvalue weighted by Gasteiger charge is 2.50. The summed E-state index contributed by atoms with van der Waals surface area (Å²) in [5.74, 6) is 0. The fraction of sp³-hybridized carbons (Fsp3) is 1.00. The van der Waals surface area contributed by atoms with E-state index in [4.69, 9.17) is 14.2 Å². The zero-order valence-electron chi connectivity index (χ0n) is 12.3. The van der Waals surface area contributed by atoms with Crippen LogP contribution < -0.4 is 0 Å². The molecule has 21 heavy (non-hydrogen) atoms. The van der Waals surface area contributed by atoms with E-state index < -0.39 is 36.8 Å². The molecule has 2 aliphatic heterocycles. The van der Waals surface area contributed by atoms with Gasteiger partial charge in [0.05, 0.1) is 25.4 Å². The predicted molar refractivity (Wildman–Crippen MR) is 72.5 cm³/mol. The molecular weight excluding hydrogens is 280 g/mol. The van der Waals surface area contributed by atoms with Gasteiger partial charge in [0.15, 0.2) is 6.29 Å². The monoisotopic (exact) mass is 306 g/mol. The second-order valence-electron chi connectivity index (χ2n) is 5.76. The van der Waals surface area contributed by atoms with Gasteiger partial charge in [0.2, 0.25) is 0 Å². The number of hydrogen-bond donors (Lipinski definition) is 4. The minimum atomic E-state index is -1.17. The van der Waals surface area contributed by atoms with Crippen molar-refractivity contribution in [2.24, 2.45) is 0 Å². The molecule has 2 heterocycles. The lowest BCUT2D eigenvalue weighted by atomic mass is 9.95. The standard InChI is InChI=1S/C14H26O7/c1-2-3-4-8(15)9(16)5-6-19-14-12(18)11(17)13-10(21-14)7-20-13/h8-18H,2-7H2,1H3/t8-,9+,10?,11?,12?,13+,14+/m1/s1. The number of unbranched alkanes of at least 4 members (excludes halogenated alkanes) is 1. The van der Waals surface area contributed by atoms with Crippen molar-refractivity contribution in [2.75, 3.05) is 13.2 Å². The average molecular weight is 306 g/mol. The fourth-order valence-electron chi connectivity index (χ4n) is 2.57. The van der Waals surface area contributed by atoms with Crippen LogP contribution in [0.4, 0.5) is 0 Å². The Morgan fingerprint density at radius 2 is 1.86 bits per heavy atom. The summed E-state index contributed by atoms with van der Waals surface area (Å²) in [4.78, 5) is 0. The van der Waals surface area contributed by atoms with E-state index in [2.05, 4.69) is 0 Å². The second kappa shape index (κ2) is 7.82. The molecule has 7 nitrogen and oxygen atoms in total. The summed E-state index contributed by atoms with van der Waals surface area (Å²) >= 11 is 0. The van der Waals surface area contributed by atoms with Crippen molar-refractivity contribution in [3.8, 4) is 0 Å². The van der Waals surface area contributed by atoms with Gasteiger partial charge in [-0.3, -0.25) is 0 Å². The Bertz CT molecular complexity index is 314. The van der Waals surface area contributed by atoms with Crippen LogP contribution in [0.1, 0.15) is 32.6 Å². The van der Waals surface area contributed by atoms with E-state index in [1.807, 2.05) is 6.92 Å². The Kier molecular flexibility index (Phi) is 6.36. The van der Waals surface area contributed by atoms with E-state index in [0.717, 1.165) is 12.8 Å². The van der Waals surface area contributed by atoms with Crippen molar-refractivity contribution in [1.29, 1.82) is 0 Å². The van der Waals surface area contributed by atoms with Gasteiger partial charge in [-0.15, -0.1) is 0 Å². The normalized spacial score (nSPS) is 38.4. The summed E-state index contributed by atoms with van der Waals surface area (Å²) in [6.07, 6.45) is -2.86. The summed E-state index contributed by atoms with van der Waals surface area (Å²) in [7, 11) is 0. The van der Waals surface area contributed by atoms with E-state index in [0.29, 0.717) is 13.0 Å². The van der Waals surface area contributed by atoms with Gasteiger partial charge in [-0.05, 0) is 12.8 Å². The number of aliphatic hydroxyl groups is 4. The van der Waals surface area contributed by atoms with E-state index in [9.17, 15) is 20.4 Å². The maximum Gasteiger partial charge on any atom is 0.186 e. The van der Waals surface area contributed by atoms with Crippen LogP contribution in [0.25, 0.3) is 0 Å². The highest BCUT2D eigenvalue weighted by Crippen LogP contribution is 2.30. The van der Waals surface area contributed by atoms with Crippen LogP contribution in [0.5, 0.6) is 0 Å². The summed E-state index contributed by atoms with van der Waals surface area (Å²) in [5, 5.41) is 39.2. The molecule has 0 aliphatic carbocycles. The Labute approximate surface area is 124 Å². The van der Waals surface area contributed by atoms with E-state index >= 15 is 0 Å². The first-order chi connectivity index (χ1) is 10.0. The quantitative estimate of drug-likeness (QED) is 0.462. The maximum atomic E-state index is 9.86. The lowest BCUT2D eigenvalue weighted by molar-refractivity contribution is -0.350. The smallest absolute Gasteiger partial charge is 0.186 e. The Morgan fingerprint density at radius 1 is 1.14 bits per heavy atom. The van der Waals surface area contributed by atoms with E-state index in [1.54, 1.807) is 0 Å². The molecule has 0 radical (unpaired) electrons. The first-order valence-corrected chi connectivity index (χ1v) is 7.65. The van der Waals surface area contributed by atoms with Crippen molar-refractivity contribution in [3.63, 3.8) is 0 Å². The number of rotatable bonds is 8. The zero-order chi connectivity index (χ0) is 15.4. The molecule has 0 saturated carbocycles. The third-order valence-electron chi connectivity index (χ3n) is 4.09. The summed E-state index contributed by atoms with van der Waals surface area (Å²) in [6.45, 7) is 2.54. The van der Waals surface area contributed by atoms with E-state index in [-0.39, 0.29) is 19.1 Å². The van der Waals surface area contributed by atoms with E-state index in [1.165, 1.54) is 0 Å². The predicted octanol–water partition coefficient (Wildman–Crippen LogP) is -0.849. The van der Waals surface area contributed by atoms with Crippen LogP contribution >= 0.6 is 0 Å². The summed E-state index contributed by atoms with van der Waals surface area (Å²) in [5.41, 5.74) is 0. The van der Waals surface area contributed by atoms with Gasteiger partial charge >= 0.3 is 0 Å². The number of fused-ring (bicyclic) bond motifs is 1. The van der Waals surface area contributed by atoms with Crippen LogP contribution in [-0.4, -0.2) is 76.6 Å². The second-order valence-corrected chi connectivity index (χ2v) is 5.76. The molecule has 2 saturated heterocycles. The molecule has 0 spiro atoms. The lowest BCUT2D eigenvalue weighted by Crippen LogP contribution is -2.65. The SMILES string of the molecule is CCCC[C@@H](O)[C@@H](O)CCO[C@H]1OC2CO[C@@H]2C(O)C1O. The Balaban J connectivity index is 1.68. The highest BCUT2D eigenvalue weighted by molar-refractivity contribution is 4.95. The first kappa shape index (κ1) is 17.1. The minimum absolute atomic E-state index is 0.136. The van der Waals surface area contributed by atoms with Crippen molar-refractivity contribution in [3.05, 3.63) is 0 Å². The largest absolute Gasteiger partial charge is 0.390 e. The molecule has 7 atom stereocenters. The number of hydrogen-bond acceptors (Lipinski definition) is 7. The van der Waals surface area contributed by atoms with Gasteiger partial charge in [0.1, 0.15) is 24.4 Å². The average Bonchev–Trinajstić information content (AvgIpc) is 2.44. The topological polar surface area (TPSA) is 109 Å². The molecule has 2 fully saturated rings. The van der Waals surface area contributed by atoms with Crippen LogP contribution in [0, 0.1) is 0 Å². The van der Waals surface area contributed by atoms with Gasteiger partial charge < -0.3 is 34.6 Å². The van der Waals surface area contributed by atoms with Gasteiger partial charge in [-0.25, -0.2) is 0 Å². The third-order valence-corrected chi connectivity index (χ3v) is 4.09. The van der Waals surface area contributed by atoms with Crippen molar-refractivity contribution < 1.29 is 34.6 Å². The van der Waals surface area contributed by atoms with Crippen LogP contribution in [0.15, 0.2) is 0 Å². The van der Waals surface area contributed by atoms with Crippen molar-refractivity contribution in [1.82, 2.24) is 0 Å². The van der Waals surface area contributed by atoms with Gasteiger partial charge in [0, 0.05) is 0 Å². The molecule has 2 rings (SSSR count). The molecular formula is C14H26O7. The lowest BCUT2D eigenvalue weighted by Gasteiger charge is -2.48. The molecule has 0 amide bonds. The van der Waals surface area contributed by atoms with Crippen molar-refractivity contribution in [2.45, 2.75) is 75.5 Å².